The maximum Gasteiger partial charge on any atom is 0.321 e. The highest BCUT2D eigenvalue weighted by molar-refractivity contribution is 5.89. The van der Waals surface area contributed by atoms with Crippen molar-refractivity contribution in [2.24, 2.45) is 0 Å². The summed E-state index contributed by atoms with van der Waals surface area (Å²) in [6.45, 7) is 5.38. The largest absolute Gasteiger partial charge is 0.474 e. The summed E-state index contributed by atoms with van der Waals surface area (Å²) in [6.07, 6.45) is 3.15. The molecule has 7 heteroatoms. The smallest absolute Gasteiger partial charge is 0.321 e. The molecule has 1 N–H and O–H groups in total. The summed E-state index contributed by atoms with van der Waals surface area (Å²) in [5.41, 5.74) is 3.20. The molecule has 1 aromatic carbocycles. The zero-order valence-corrected chi connectivity index (χ0v) is 15.4. The SMILES string of the molecule is COc1nccc(OC2CCN(C(=O)Nc3ccc(C)c(C)c3)CC2)n1. The molecule has 2 heterocycles. The fourth-order valence-corrected chi connectivity index (χ4v) is 2.86. The average molecular weight is 356 g/mol. The standard InChI is InChI=1S/C19H24N4O3/c1-13-4-5-15(12-14(13)2)21-19(24)23-10-7-16(8-11-23)26-17-6-9-20-18(22-17)25-3/h4-6,9,12,16H,7-8,10-11H2,1-3H3,(H,21,24). The number of aromatic nitrogens is 2. The lowest BCUT2D eigenvalue weighted by molar-refractivity contribution is 0.110. The third-order valence-electron chi connectivity index (χ3n) is 4.57. The van der Waals surface area contributed by atoms with E-state index in [4.69, 9.17) is 9.47 Å². The van der Waals surface area contributed by atoms with Gasteiger partial charge in [-0.1, -0.05) is 6.07 Å². The third-order valence-corrected chi connectivity index (χ3v) is 4.57. The predicted molar refractivity (Wildman–Crippen MR) is 98.7 cm³/mol. The molecule has 0 atom stereocenters. The molecule has 7 nitrogen and oxygen atoms in total. The lowest BCUT2D eigenvalue weighted by atomic mass is 10.1. The molecule has 1 aliphatic heterocycles. The fraction of sp³-hybridized carbons (Fsp3) is 0.421. The summed E-state index contributed by atoms with van der Waals surface area (Å²) < 4.78 is 10.9. The molecule has 1 fully saturated rings. The molecule has 1 aliphatic rings. The second-order valence-corrected chi connectivity index (χ2v) is 6.42. The van der Waals surface area contributed by atoms with Crippen LogP contribution in [-0.2, 0) is 0 Å². The van der Waals surface area contributed by atoms with Crippen molar-refractivity contribution >= 4 is 11.7 Å². The topological polar surface area (TPSA) is 76.6 Å². The summed E-state index contributed by atoms with van der Waals surface area (Å²) in [4.78, 5) is 22.4. The number of carbonyl (C=O) groups is 1. The number of piperidine rings is 1. The van der Waals surface area contributed by atoms with Crippen molar-refractivity contribution in [1.82, 2.24) is 14.9 Å². The predicted octanol–water partition coefficient (Wildman–Crippen LogP) is 3.18. The Morgan fingerprint density at radius 2 is 1.96 bits per heavy atom. The zero-order chi connectivity index (χ0) is 18.5. The number of methoxy groups -OCH3 is 1. The van der Waals surface area contributed by atoms with Crippen molar-refractivity contribution in [1.29, 1.82) is 0 Å². The highest BCUT2D eigenvalue weighted by Crippen LogP contribution is 2.20. The molecule has 0 unspecified atom stereocenters. The minimum Gasteiger partial charge on any atom is -0.474 e. The van der Waals surface area contributed by atoms with Gasteiger partial charge in [-0.2, -0.15) is 4.98 Å². The van der Waals surface area contributed by atoms with Crippen LogP contribution >= 0.6 is 0 Å². The molecule has 0 saturated carbocycles. The first-order chi connectivity index (χ1) is 12.5. The molecule has 2 amide bonds. The van der Waals surface area contributed by atoms with E-state index in [1.807, 2.05) is 30.0 Å². The number of anilines is 1. The van der Waals surface area contributed by atoms with Crippen LogP contribution in [0.25, 0.3) is 0 Å². The normalized spacial score (nSPS) is 14.8. The quantitative estimate of drug-likeness (QED) is 0.910. The van der Waals surface area contributed by atoms with Gasteiger partial charge in [-0.3, -0.25) is 0 Å². The Kier molecular flexibility index (Phi) is 5.55. The number of likely N-dealkylation sites (tertiary alicyclic amines) is 1. The molecule has 3 rings (SSSR count). The van der Waals surface area contributed by atoms with Crippen LogP contribution in [0.15, 0.2) is 30.5 Å². The number of nitrogens with zero attached hydrogens (tertiary/aromatic N) is 3. The number of amides is 2. The van der Waals surface area contributed by atoms with Gasteiger partial charge in [0, 0.05) is 43.9 Å². The van der Waals surface area contributed by atoms with Crippen molar-refractivity contribution in [2.75, 3.05) is 25.5 Å². The Hall–Kier alpha value is -2.83. The summed E-state index contributed by atoms with van der Waals surface area (Å²) in [7, 11) is 1.52. The van der Waals surface area contributed by atoms with Gasteiger partial charge in [0.25, 0.3) is 0 Å². The summed E-state index contributed by atoms with van der Waals surface area (Å²) in [5, 5.41) is 2.97. The summed E-state index contributed by atoms with van der Waals surface area (Å²) in [5.74, 6) is 0.495. The highest BCUT2D eigenvalue weighted by atomic mass is 16.5. The molecular formula is C19H24N4O3. The van der Waals surface area contributed by atoms with Gasteiger partial charge >= 0.3 is 12.0 Å². The van der Waals surface area contributed by atoms with E-state index in [0.29, 0.717) is 19.0 Å². The number of urea groups is 1. The van der Waals surface area contributed by atoms with E-state index in [1.165, 1.54) is 12.7 Å². The Morgan fingerprint density at radius 1 is 1.19 bits per heavy atom. The average Bonchev–Trinajstić information content (AvgIpc) is 2.65. The minimum absolute atomic E-state index is 0.0280. The van der Waals surface area contributed by atoms with Gasteiger partial charge in [0.1, 0.15) is 6.10 Å². The van der Waals surface area contributed by atoms with Gasteiger partial charge in [0.05, 0.1) is 7.11 Å². The Bertz CT molecular complexity index is 773. The minimum atomic E-state index is -0.0737. The van der Waals surface area contributed by atoms with Crippen molar-refractivity contribution in [3.8, 4) is 11.9 Å². The van der Waals surface area contributed by atoms with E-state index < -0.39 is 0 Å². The number of rotatable bonds is 4. The van der Waals surface area contributed by atoms with E-state index in [1.54, 1.807) is 12.3 Å². The number of ether oxygens (including phenoxy) is 2. The van der Waals surface area contributed by atoms with E-state index in [0.717, 1.165) is 24.1 Å². The lowest BCUT2D eigenvalue weighted by Gasteiger charge is -2.32. The van der Waals surface area contributed by atoms with Gasteiger partial charge in [0.2, 0.25) is 5.88 Å². The van der Waals surface area contributed by atoms with E-state index in [2.05, 4.69) is 22.2 Å². The van der Waals surface area contributed by atoms with Crippen LogP contribution in [0.3, 0.4) is 0 Å². The number of hydrogen-bond acceptors (Lipinski definition) is 5. The van der Waals surface area contributed by atoms with Crippen LogP contribution in [0.5, 0.6) is 11.9 Å². The third kappa shape index (κ3) is 4.41. The summed E-state index contributed by atoms with van der Waals surface area (Å²) >= 11 is 0. The molecule has 1 aromatic heterocycles. The Labute approximate surface area is 153 Å². The molecular weight excluding hydrogens is 332 g/mol. The molecule has 0 aliphatic carbocycles. The van der Waals surface area contributed by atoms with Gasteiger partial charge in [-0.15, -0.1) is 0 Å². The first-order valence-electron chi connectivity index (χ1n) is 8.72. The van der Waals surface area contributed by atoms with E-state index in [9.17, 15) is 4.79 Å². The summed E-state index contributed by atoms with van der Waals surface area (Å²) in [6, 6.07) is 7.86. The van der Waals surface area contributed by atoms with Gasteiger partial charge in [0.15, 0.2) is 0 Å². The van der Waals surface area contributed by atoms with Crippen LogP contribution in [0, 0.1) is 13.8 Å². The lowest BCUT2D eigenvalue weighted by Crippen LogP contribution is -2.43. The number of aryl methyl sites for hydroxylation is 2. The van der Waals surface area contributed by atoms with Crippen molar-refractivity contribution in [2.45, 2.75) is 32.8 Å². The van der Waals surface area contributed by atoms with Crippen molar-refractivity contribution in [3.05, 3.63) is 41.6 Å². The molecule has 26 heavy (non-hydrogen) atoms. The number of carbonyl (C=O) groups excluding carboxylic acids is 1. The first-order valence-corrected chi connectivity index (χ1v) is 8.72. The molecule has 2 aromatic rings. The monoisotopic (exact) mass is 356 g/mol. The number of nitrogens with one attached hydrogen (secondary N) is 1. The molecule has 0 bridgehead atoms. The van der Waals surface area contributed by atoms with Crippen LogP contribution in [0.4, 0.5) is 10.5 Å². The second-order valence-electron chi connectivity index (χ2n) is 6.42. The molecule has 138 valence electrons. The van der Waals surface area contributed by atoms with Crippen molar-refractivity contribution < 1.29 is 14.3 Å². The Morgan fingerprint density at radius 3 is 2.65 bits per heavy atom. The number of hydrogen-bond donors (Lipinski definition) is 1. The maximum atomic E-state index is 12.4. The van der Waals surface area contributed by atoms with E-state index >= 15 is 0 Å². The molecule has 0 spiro atoms. The first kappa shape index (κ1) is 18.0. The number of benzene rings is 1. The van der Waals surface area contributed by atoms with Crippen LogP contribution in [-0.4, -0.2) is 47.2 Å². The van der Waals surface area contributed by atoms with E-state index in [-0.39, 0.29) is 18.1 Å². The zero-order valence-electron chi connectivity index (χ0n) is 15.4. The van der Waals surface area contributed by atoms with Gasteiger partial charge in [-0.05, 0) is 37.1 Å². The maximum absolute atomic E-state index is 12.4. The highest BCUT2D eigenvalue weighted by Gasteiger charge is 2.24. The van der Waals surface area contributed by atoms with Crippen molar-refractivity contribution in [3.63, 3.8) is 0 Å². The van der Waals surface area contributed by atoms with Crippen LogP contribution in [0.2, 0.25) is 0 Å². The molecule has 1 saturated heterocycles. The Balaban J connectivity index is 1.51. The van der Waals surface area contributed by atoms with Crippen LogP contribution < -0.4 is 14.8 Å². The molecule has 0 radical (unpaired) electrons. The fourth-order valence-electron chi connectivity index (χ4n) is 2.86. The second kappa shape index (κ2) is 8.03. The van der Waals surface area contributed by atoms with Crippen LogP contribution in [0.1, 0.15) is 24.0 Å². The van der Waals surface area contributed by atoms with Gasteiger partial charge in [-0.25, -0.2) is 9.78 Å². The van der Waals surface area contributed by atoms with Gasteiger partial charge < -0.3 is 19.7 Å².